The molecule has 1 atom stereocenters. The lowest BCUT2D eigenvalue weighted by atomic mass is 10.0. The first kappa shape index (κ1) is 14.6. The molecular formula is C14H21ClN2O2. The van der Waals surface area contributed by atoms with Crippen LogP contribution in [0.5, 0.6) is 5.75 Å². The lowest BCUT2D eigenvalue weighted by Gasteiger charge is -2.35. The molecule has 2 N–H and O–H groups in total. The number of hydrogen-bond acceptors (Lipinski definition) is 4. The van der Waals surface area contributed by atoms with E-state index >= 15 is 0 Å². The van der Waals surface area contributed by atoms with Crippen molar-refractivity contribution in [2.75, 3.05) is 39.9 Å². The maximum atomic E-state index is 9.35. The first-order chi connectivity index (χ1) is 9.26. The van der Waals surface area contributed by atoms with Crippen LogP contribution < -0.4 is 10.1 Å². The third-order valence-electron chi connectivity index (χ3n) is 3.55. The molecular weight excluding hydrogens is 264 g/mol. The Morgan fingerprint density at radius 2 is 2.16 bits per heavy atom. The molecule has 19 heavy (non-hydrogen) atoms. The van der Waals surface area contributed by atoms with E-state index < -0.39 is 0 Å². The molecule has 1 heterocycles. The third-order valence-corrected chi connectivity index (χ3v) is 3.78. The van der Waals surface area contributed by atoms with E-state index in [4.69, 9.17) is 16.3 Å². The minimum absolute atomic E-state index is 0.153. The average molecular weight is 285 g/mol. The number of benzene rings is 1. The molecule has 0 unspecified atom stereocenters. The van der Waals surface area contributed by atoms with E-state index in [1.807, 2.05) is 18.2 Å². The molecule has 0 saturated carbocycles. The highest BCUT2D eigenvalue weighted by Gasteiger charge is 2.24. The lowest BCUT2D eigenvalue weighted by molar-refractivity contribution is 0.139. The van der Waals surface area contributed by atoms with Gasteiger partial charge in [0.1, 0.15) is 5.75 Å². The van der Waals surface area contributed by atoms with Crippen LogP contribution in [0, 0.1) is 0 Å². The second kappa shape index (κ2) is 7.10. The van der Waals surface area contributed by atoms with E-state index in [1.165, 1.54) is 0 Å². The summed E-state index contributed by atoms with van der Waals surface area (Å²) in [5.74, 6) is 0.835. The van der Waals surface area contributed by atoms with Gasteiger partial charge in [-0.3, -0.25) is 4.90 Å². The quantitative estimate of drug-likeness (QED) is 0.863. The molecule has 0 radical (unpaired) electrons. The predicted molar refractivity (Wildman–Crippen MR) is 76.9 cm³/mol. The Kier molecular flexibility index (Phi) is 5.45. The normalized spacial score (nSPS) is 18.3. The van der Waals surface area contributed by atoms with E-state index in [0.29, 0.717) is 11.4 Å². The summed E-state index contributed by atoms with van der Waals surface area (Å²) in [6.07, 6.45) is 0.691. The number of aliphatic hydroxyl groups is 1. The van der Waals surface area contributed by atoms with Crippen LogP contribution in [-0.2, 0) is 0 Å². The Morgan fingerprint density at radius 3 is 2.79 bits per heavy atom. The topological polar surface area (TPSA) is 44.7 Å². The fourth-order valence-corrected chi connectivity index (χ4v) is 2.80. The van der Waals surface area contributed by atoms with Gasteiger partial charge in [0.05, 0.1) is 7.11 Å². The SMILES string of the molecule is COc1ccc(Cl)cc1[C@@H](CCO)N1CCNCC1. The molecule has 0 spiro atoms. The average Bonchev–Trinajstić information content (AvgIpc) is 2.45. The molecule has 0 amide bonds. The van der Waals surface area contributed by atoms with Crippen molar-refractivity contribution in [3.63, 3.8) is 0 Å². The summed E-state index contributed by atoms with van der Waals surface area (Å²) in [6.45, 7) is 4.06. The van der Waals surface area contributed by atoms with Gasteiger partial charge in [-0.2, -0.15) is 0 Å². The van der Waals surface area contributed by atoms with Crippen LogP contribution >= 0.6 is 11.6 Å². The minimum Gasteiger partial charge on any atom is -0.496 e. The van der Waals surface area contributed by atoms with Crippen molar-refractivity contribution in [2.45, 2.75) is 12.5 Å². The summed E-state index contributed by atoms with van der Waals surface area (Å²) >= 11 is 6.11. The summed E-state index contributed by atoms with van der Waals surface area (Å²) in [7, 11) is 1.67. The summed E-state index contributed by atoms with van der Waals surface area (Å²) in [5.41, 5.74) is 1.06. The molecule has 0 aromatic heterocycles. The highest BCUT2D eigenvalue weighted by molar-refractivity contribution is 6.30. The van der Waals surface area contributed by atoms with Crippen LogP contribution in [0.25, 0.3) is 0 Å². The zero-order chi connectivity index (χ0) is 13.7. The molecule has 1 fully saturated rings. The Balaban J connectivity index is 2.28. The molecule has 0 aliphatic carbocycles. The highest BCUT2D eigenvalue weighted by Crippen LogP contribution is 2.33. The number of methoxy groups -OCH3 is 1. The number of aliphatic hydroxyl groups excluding tert-OH is 1. The van der Waals surface area contributed by atoms with Gasteiger partial charge in [-0.25, -0.2) is 0 Å². The Bertz CT molecular complexity index is 408. The highest BCUT2D eigenvalue weighted by atomic mass is 35.5. The molecule has 1 aliphatic heterocycles. The third kappa shape index (κ3) is 3.60. The molecule has 5 heteroatoms. The maximum absolute atomic E-state index is 9.35. The number of rotatable bonds is 5. The summed E-state index contributed by atoms with van der Waals surface area (Å²) in [4.78, 5) is 2.38. The van der Waals surface area contributed by atoms with Crippen LogP contribution in [0.4, 0.5) is 0 Å². The number of piperazine rings is 1. The first-order valence-electron chi connectivity index (χ1n) is 6.65. The molecule has 4 nitrogen and oxygen atoms in total. The number of hydrogen-bond donors (Lipinski definition) is 2. The van der Waals surface area contributed by atoms with Crippen LogP contribution in [0.3, 0.4) is 0 Å². The van der Waals surface area contributed by atoms with Gasteiger partial charge in [0.15, 0.2) is 0 Å². The van der Waals surface area contributed by atoms with Gasteiger partial charge >= 0.3 is 0 Å². The van der Waals surface area contributed by atoms with Crippen LogP contribution in [-0.4, -0.2) is 49.9 Å². The Hall–Kier alpha value is -0.810. The fourth-order valence-electron chi connectivity index (χ4n) is 2.62. The fraction of sp³-hybridized carbons (Fsp3) is 0.571. The molecule has 1 saturated heterocycles. The molecule has 1 aromatic rings. The second-order valence-corrected chi connectivity index (χ2v) is 5.14. The largest absolute Gasteiger partial charge is 0.496 e. The molecule has 1 aliphatic rings. The first-order valence-corrected chi connectivity index (χ1v) is 7.03. The van der Waals surface area contributed by atoms with Crippen molar-refractivity contribution < 1.29 is 9.84 Å². The van der Waals surface area contributed by atoms with E-state index in [9.17, 15) is 5.11 Å². The van der Waals surface area contributed by atoms with E-state index in [2.05, 4.69) is 10.2 Å². The molecule has 106 valence electrons. The zero-order valence-corrected chi connectivity index (χ0v) is 12.0. The lowest BCUT2D eigenvalue weighted by Crippen LogP contribution is -2.45. The van der Waals surface area contributed by atoms with Gasteiger partial charge in [-0.1, -0.05) is 11.6 Å². The van der Waals surface area contributed by atoms with Gasteiger partial charge < -0.3 is 15.2 Å². The molecule has 1 aromatic carbocycles. The zero-order valence-electron chi connectivity index (χ0n) is 11.2. The number of ether oxygens (including phenoxy) is 1. The van der Waals surface area contributed by atoms with Gasteiger partial charge in [0.2, 0.25) is 0 Å². The van der Waals surface area contributed by atoms with Crippen molar-refractivity contribution in [3.8, 4) is 5.75 Å². The van der Waals surface area contributed by atoms with Gasteiger partial charge in [0.25, 0.3) is 0 Å². The van der Waals surface area contributed by atoms with Crippen molar-refractivity contribution in [1.82, 2.24) is 10.2 Å². The van der Waals surface area contributed by atoms with Gasteiger partial charge in [-0.15, -0.1) is 0 Å². The summed E-state index contributed by atoms with van der Waals surface area (Å²) in [5, 5.41) is 13.4. The van der Waals surface area contributed by atoms with E-state index in [-0.39, 0.29) is 12.6 Å². The number of nitrogens with zero attached hydrogens (tertiary/aromatic N) is 1. The van der Waals surface area contributed by atoms with Crippen LogP contribution in [0.15, 0.2) is 18.2 Å². The van der Waals surface area contributed by atoms with Crippen LogP contribution in [0.2, 0.25) is 5.02 Å². The number of halogens is 1. The summed E-state index contributed by atoms with van der Waals surface area (Å²) in [6, 6.07) is 5.82. The van der Waals surface area contributed by atoms with Crippen LogP contribution in [0.1, 0.15) is 18.0 Å². The number of nitrogens with one attached hydrogen (secondary N) is 1. The second-order valence-electron chi connectivity index (χ2n) is 4.70. The molecule has 2 rings (SSSR count). The smallest absolute Gasteiger partial charge is 0.123 e. The van der Waals surface area contributed by atoms with Gasteiger partial charge in [-0.05, 0) is 24.6 Å². The van der Waals surface area contributed by atoms with Crippen molar-refractivity contribution >= 4 is 11.6 Å². The monoisotopic (exact) mass is 284 g/mol. The standard InChI is InChI=1S/C14H21ClN2O2/c1-19-14-3-2-11(15)10-12(14)13(4-9-18)17-7-5-16-6-8-17/h2-3,10,13,16,18H,4-9H2,1H3/t13-/m1/s1. The minimum atomic E-state index is 0.153. The van der Waals surface area contributed by atoms with E-state index in [1.54, 1.807) is 7.11 Å². The van der Waals surface area contributed by atoms with Crippen molar-refractivity contribution in [2.24, 2.45) is 0 Å². The maximum Gasteiger partial charge on any atom is 0.123 e. The summed E-state index contributed by atoms with van der Waals surface area (Å²) < 4.78 is 5.44. The molecule has 0 bridgehead atoms. The van der Waals surface area contributed by atoms with E-state index in [0.717, 1.165) is 37.5 Å². The van der Waals surface area contributed by atoms with Gasteiger partial charge in [0, 0.05) is 49.4 Å². The van der Waals surface area contributed by atoms with Crippen molar-refractivity contribution in [3.05, 3.63) is 28.8 Å². The Morgan fingerprint density at radius 1 is 1.42 bits per heavy atom. The van der Waals surface area contributed by atoms with Crippen molar-refractivity contribution in [1.29, 1.82) is 0 Å². The Labute approximate surface area is 119 Å². The predicted octanol–water partition coefficient (Wildman–Crippen LogP) is 1.68.